The summed E-state index contributed by atoms with van der Waals surface area (Å²) in [6.07, 6.45) is 0. The Morgan fingerprint density at radius 2 is 1.88 bits per heavy atom. The zero-order valence-corrected chi connectivity index (χ0v) is 14.2. The standard InChI is InChI=1S/C18H19N3O2S/c1-13(24-16-5-3-2-4-6-16)17(22)20-14-7-9-15(10-8-14)21-12-11-19-18(21)23/h2-10,13H,11-12H2,1H3,(H,19,23)(H,20,22). The normalized spacial score (nSPS) is 15.0. The van der Waals surface area contributed by atoms with E-state index >= 15 is 0 Å². The lowest BCUT2D eigenvalue weighted by Gasteiger charge is -2.15. The third kappa shape index (κ3) is 3.89. The van der Waals surface area contributed by atoms with Crippen molar-refractivity contribution >= 4 is 35.1 Å². The van der Waals surface area contributed by atoms with Crippen LogP contribution in [0.2, 0.25) is 0 Å². The van der Waals surface area contributed by atoms with Crippen molar-refractivity contribution in [3.05, 3.63) is 54.6 Å². The van der Waals surface area contributed by atoms with Gasteiger partial charge in [0.25, 0.3) is 0 Å². The Kier molecular flexibility index (Phi) is 5.05. The van der Waals surface area contributed by atoms with Crippen molar-refractivity contribution in [2.24, 2.45) is 0 Å². The summed E-state index contributed by atoms with van der Waals surface area (Å²) < 4.78 is 0. The molecule has 1 aliphatic heterocycles. The molecule has 6 heteroatoms. The third-order valence-corrected chi connectivity index (χ3v) is 4.84. The van der Waals surface area contributed by atoms with Crippen molar-refractivity contribution < 1.29 is 9.59 Å². The second-order valence-corrected chi connectivity index (χ2v) is 6.91. The molecule has 0 radical (unpaired) electrons. The van der Waals surface area contributed by atoms with Crippen LogP contribution in [0.5, 0.6) is 0 Å². The molecule has 2 aromatic carbocycles. The predicted molar refractivity (Wildman–Crippen MR) is 97.6 cm³/mol. The zero-order chi connectivity index (χ0) is 16.9. The van der Waals surface area contributed by atoms with Gasteiger partial charge >= 0.3 is 6.03 Å². The molecule has 1 heterocycles. The summed E-state index contributed by atoms with van der Waals surface area (Å²) in [6, 6.07) is 17.1. The minimum Gasteiger partial charge on any atom is -0.336 e. The van der Waals surface area contributed by atoms with E-state index in [-0.39, 0.29) is 17.2 Å². The van der Waals surface area contributed by atoms with Crippen molar-refractivity contribution in [2.45, 2.75) is 17.1 Å². The Bertz CT molecular complexity index is 719. The summed E-state index contributed by atoms with van der Waals surface area (Å²) in [5.41, 5.74) is 1.55. The van der Waals surface area contributed by atoms with Gasteiger partial charge in [0.15, 0.2) is 0 Å². The monoisotopic (exact) mass is 341 g/mol. The van der Waals surface area contributed by atoms with Crippen molar-refractivity contribution in [1.82, 2.24) is 5.32 Å². The lowest BCUT2D eigenvalue weighted by molar-refractivity contribution is -0.115. The molecule has 3 rings (SSSR count). The summed E-state index contributed by atoms with van der Waals surface area (Å²) in [4.78, 5) is 26.7. The van der Waals surface area contributed by atoms with Crippen molar-refractivity contribution in [3.8, 4) is 0 Å². The summed E-state index contributed by atoms with van der Waals surface area (Å²) in [7, 11) is 0. The molecule has 2 N–H and O–H groups in total. The number of amides is 3. The Hall–Kier alpha value is -2.47. The Morgan fingerprint density at radius 3 is 2.50 bits per heavy atom. The predicted octanol–water partition coefficient (Wildman–Crippen LogP) is 3.34. The first kappa shape index (κ1) is 16.4. The van der Waals surface area contributed by atoms with Crippen molar-refractivity contribution in [3.63, 3.8) is 0 Å². The highest BCUT2D eigenvalue weighted by atomic mass is 32.2. The average molecular weight is 341 g/mol. The number of urea groups is 1. The maximum Gasteiger partial charge on any atom is 0.321 e. The summed E-state index contributed by atoms with van der Waals surface area (Å²) >= 11 is 1.52. The third-order valence-electron chi connectivity index (χ3n) is 3.73. The summed E-state index contributed by atoms with van der Waals surface area (Å²) in [5, 5.41) is 5.48. The fourth-order valence-corrected chi connectivity index (χ4v) is 3.33. The van der Waals surface area contributed by atoms with E-state index in [0.29, 0.717) is 13.1 Å². The maximum atomic E-state index is 12.3. The summed E-state index contributed by atoms with van der Waals surface area (Å²) in [5.74, 6) is -0.0458. The van der Waals surface area contributed by atoms with Gasteiger partial charge in [-0.25, -0.2) is 4.79 Å². The SMILES string of the molecule is CC(Sc1ccccc1)C(=O)Nc1ccc(N2CCNC2=O)cc1. The van der Waals surface area contributed by atoms with Gasteiger partial charge in [-0.1, -0.05) is 18.2 Å². The molecule has 24 heavy (non-hydrogen) atoms. The minimum absolute atomic E-state index is 0.0458. The fraction of sp³-hybridized carbons (Fsp3) is 0.222. The number of carbonyl (C=O) groups excluding carboxylic acids is 2. The molecule has 1 unspecified atom stereocenters. The van der Waals surface area contributed by atoms with Crippen LogP contribution in [0.15, 0.2) is 59.5 Å². The molecule has 124 valence electrons. The quantitative estimate of drug-likeness (QED) is 0.820. The second kappa shape index (κ2) is 7.40. The van der Waals surface area contributed by atoms with E-state index in [1.165, 1.54) is 11.8 Å². The van der Waals surface area contributed by atoms with Crippen LogP contribution in [0, 0.1) is 0 Å². The number of carbonyl (C=O) groups is 2. The summed E-state index contributed by atoms with van der Waals surface area (Å²) in [6.45, 7) is 3.21. The van der Waals surface area contributed by atoms with Crippen LogP contribution in [0.25, 0.3) is 0 Å². The molecular formula is C18H19N3O2S. The Balaban J connectivity index is 1.59. The molecule has 2 aromatic rings. The minimum atomic E-state index is -0.198. The van der Waals surface area contributed by atoms with E-state index in [4.69, 9.17) is 0 Å². The Morgan fingerprint density at radius 1 is 1.17 bits per heavy atom. The van der Waals surface area contributed by atoms with Gasteiger partial charge in [-0.05, 0) is 43.3 Å². The van der Waals surface area contributed by atoms with E-state index in [1.54, 1.807) is 4.90 Å². The Labute approximate surface area is 145 Å². The van der Waals surface area contributed by atoms with Gasteiger partial charge in [0.2, 0.25) is 5.91 Å². The number of nitrogens with zero attached hydrogens (tertiary/aromatic N) is 1. The van der Waals surface area contributed by atoms with Crippen LogP contribution < -0.4 is 15.5 Å². The molecule has 0 aliphatic carbocycles. The number of hydrogen-bond acceptors (Lipinski definition) is 3. The van der Waals surface area contributed by atoms with E-state index in [2.05, 4.69) is 10.6 Å². The molecule has 0 aromatic heterocycles. The average Bonchev–Trinajstić information content (AvgIpc) is 3.02. The number of rotatable bonds is 5. The highest BCUT2D eigenvalue weighted by Crippen LogP contribution is 2.24. The van der Waals surface area contributed by atoms with Gasteiger partial charge in [0.1, 0.15) is 0 Å². The second-order valence-electron chi connectivity index (χ2n) is 5.49. The van der Waals surface area contributed by atoms with Crippen molar-refractivity contribution in [1.29, 1.82) is 0 Å². The highest BCUT2D eigenvalue weighted by Gasteiger charge is 2.21. The fourth-order valence-electron chi connectivity index (χ4n) is 2.44. The van der Waals surface area contributed by atoms with Crippen LogP contribution in [0.4, 0.5) is 16.2 Å². The first-order valence-corrected chi connectivity index (χ1v) is 8.69. The molecule has 1 saturated heterocycles. The van der Waals surface area contributed by atoms with Gasteiger partial charge in [-0.3, -0.25) is 9.69 Å². The molecule has 1 atom stereocenters. The smallest absolute Gasteiger partial charge is 0.321 e. The molecule has 3 amide bonds. The molecule has 1 aliphatic rings. The van der Waals surface area contributed by atoms with E-state index in [1.807, 2.05) is 61.5 Å². The topological polar surface area (TPSA) is 61.4 Å². The van der Waals surface area contributed by atoms with Crippen LogP contribution in [0.3, 0.4) is 0 Å². The number of nitrogens with one attached hydrogen (secondary N) is 2. The molecule has 0 spiro atoms. The first-order valence-electron chi connectivity index (χ1n) is 7.81. The lowest BCUT2D eigenvalue weighted by Crippen LogP contribution is -2.27. The molecular weight excluding hydrogens is 322 g/mol. The number of anilines is 2. The molecule has 1 fully saturated rings. The van der Waals surface area contributed by atoms with Gasteiger partial charge in [0, 0.05) is 29.4 Å². The van der Waals surface area contributed by atoms with Crippen LogP contribution >= 0.6 is 11.8 Å². The number of benzene rings is 2. The van der Waals surface area contributed by atoms with Gasteiger partial charge in [-0.2, -0.15) is 0 Å². The lowest BCUT2D eigenvalue weighted by atomic mass is 10.2. The maximum absolute atomic E-state index is 12.3. The number of hydrogen-bond donors (Lipinski definition) is 2. The van der Waals surface area contributed by atoms with Crippen LogP contribution in [-0.2, 0) is 4.79 Å². The highest BCUT2D eigenvalue weighted by molar-refractivity contribution is 8.00. The molecule has 5 nitrogen and oxygen atoms in total. The van der Waals surface area contributed by atoms with E-state index in [9.17, 15) is 9.59 Å². The van der Waals surface area contributed by atoms with Gasteiger partial charge in [-0.15, -0.1) is 11.8 Å². The molecule has 0 bridgehead atoms. The largest absolute Gasteiger partial charge is 0.336 e. The van der Waals surface area contributed by atoms with Gasteiger partial charge in [0.05, 0.1) is 5.25 Å². The molecule has 0 saturated carbocycles. The van der Waals surface area contributed by atoms with Crippen LogP contribution in [-0.4, -0.2) is 30.3 Å². The van der Waals surface area contributed by atoms with E-state index < -0.39 is 0 Å². The number of thioether (sulfide) groups is 1. The first-order chi connectivity index (χ1) is 11.6. The van der Waals surface area contributed by atoms with Gasteiger partial charge < -0.3 is 10.6 Å². The zero-order valence-electron chi connectivity index (χ0n) is 13.4. The van der Waals surface area contributed by atoms with Crippen molar-refractivity contribution in [2.75, 3.05) is 23.3 Å². The van der Waals surface area contributed by atoms with E-state index in [0.717, 1.165) is 16.3 Å². The van der Waals surface area contributed by atoms with Crippen LogP contribution in [0.1, 0.15) is 6.92 Å².